The smallest absolute Gasteiger partial charge is 0.159 e. The third-order valence-corrected chi connectivity index (χ3v) is 2.73. The Morgan fingerprint density at radius 3 is 2.65 bits per heavy atom. The number of methoxy groups -OCH3 is 1. The van der Waals surface area contributed by atoms with E-state index in [-0.39, 0.29) is 0 Å². The van der Waals surface area contributed by atoms with Crippen molar-refractivity contribution in [3.8, 4) is 17.0 Å². The maximum atomic E-state index is 6.02. The molecule has 0 unspecified atom stereocenters. The first-order valence-corrected chi connectivity index (χ1v) is 5.50. The van der Waals surface area contributed by atoms with Gasteiger partial charge in [-0.25, -0.2) is 4.98 Å². The number of aromatic nitrogens is 3. The van der Waals surface area contributed by atoms with Crippen molar-refractivity contribution < 1.29 is 4.74 Å². The summed E-state index contributed by atoms with van der Waals surface area (Å²) in [4.78, 5) is 3.93. The molecule has 1 aromatic carbocycles. The zero-order valence-electron chi connectivity index (χ0n) is 9.86. The van der Waals surface area contributed by atoms with Gasteiger partial charge in [0.25, 0.3) is 0 Å². The van der Waals surface area contributed by atoms with Crippen LogP contribution in [0.4, 0.5) is 0 Å². The van der Waals surface area contributed by atoms with Crippen LogP contribution in [0, 0.1) is 13.8 Å². The van der Waals surface area contributed by atoms with Crippen LogP contribution in [0.3, 0.4) is 0 Å². The average molecular weight is 250 g/mol. The van der Waals surface area contributed by atoms with E-state index in [1.807, 2.05) is 26.0 Å². The van der Waals surface area contributed by atoms with Crippen LogP contribution in [0.25, 0.3) is 11.3 Å². The van der Waals surface area contributed by atoms with Crippen molar-refractivity contribution in [2.45, 2.75) is 13.8 Å². The van der Waals surface area contributed by atoms with E-state index in [0.717, 1.165) is 22.4 Å². The Bertz CT molecular complexity index is 557. The van der Waals surface area contributed by atoms with E-state index in [0.29, 0.717) is 10.8 Å². The fraction of sp³-hybridized carbons (Fsp3) is 0.250. The molecule has 5 heteroatoms. The molecule has 0 aliphatic carbocycles. The largest absolute Gasteiger partial charge is 0.496 e. The lowest BCUT2D eigenvalue weighted by Gasteiger charge is -2.12. The molecule has 1 aromatic heterocycles. The predicted molar refractivity (Wildman–Crippen MR) is 66.3 cm³/mol. The molecule has 0 atom stereocenters. The number of hydrogen-bond acceptors (Lipinski definition) is 4. The van der Waals surface area contributed by atoms with Gasteiger partial charge in [0.05, 0.1) is 7.11 Å². The van der Waals surface area contributed by atoms with Gasteiger partial charge >= 0.3 is 0 Å². The lowest BCUT2D eigenvalue weighted by molar-refractivity contribution is 0.413. The van der Waals surface area contributed by atoms with Crippen LogP contribution < -0.4 is 4.74 Å². The number of ether oxygens (including phenoxy) is 1. The molecular weight excluding hydrogens is 238 g/mol. The van der Waals surface area contributed by atoms with Crippen molar-refractivity contribution in [2.75, 3.05) is 7.11 Å². The van der Waals surface area contributed by atoms with E-state index < -0.39 is 0 Å². The number of halogens is 1. The van der Waals surface area contributed by atoms with Crippen molar-refractivity contribution in [3.05, 3.63) is 34.7 Å². The van der Waals surface area contributed by atoms with Crippen LogP contribution in [0.2, 0.25) is 5.15 Å². The van der Waals surface area contributed by atoms with Gasteiger partial charge in [0.2, 0.25) is 0 Å². The number of benzene rings is 1. The highest BCUT2D eigenvalue weighted by atomic mass is 35.5. The Morgan fingerprint density at radius 2 is 2.00 bits per heavy atom. The van der Waals surface area contributed by atoms with E-state index in [9.17, 15) is 0 Å². The number of hydrogen-bond donors (Lipinski definition) is 0. The Hall–Kier alpha value is -1.68. The second-order valence-corrected chi connectivity index (χ2v) is 4.12. The molecule has 0 aliphatic rings. The van der Waals surface area contributed by atoms with E-state index in [4.69, 9.17) is 16.3 Å². The van der Waals surface area contributed by atoms with E-state index in [1.165, 1.54) is 6.33 Å². The minimum Gasteiger partial charge on any atom is -0.496 e. The first kappa shape index (κ1) is 11.8. The quantitative estimate of drug-likeness (QED) is 0.821. The normalized spacial score (nSPS) is 10.4. The third-order valence-electron chi connectivity index (χ3n) is 2.45. The predicted octanol–water partition coefficient (Wildman–Crippen LogP) is 2.82. The standard InChI is InChI=1S/C12H12ClN3O/c1-7-4-8(2)11(17-3)9(5-7)10-12(13)14-6-15-16-10/h4-6H,1-3H3. The Kier molecular flexibility index (Phi) is 3.24. The van der Waals surface area contributed by atoms with Gasteiger partial charge in [0.1, 0.15) is 17.8 Å². The molecule has 0 saturated heterocycles. The second kappa shape index (κ2) is 4.67. The van der Waals surface area contributed by atoms with Gasteiger partial charge in [-0.15, -0.1) is 10.2 Å². The SMILES string of the molecule is COc1c(C)cc(C)cc1-c1nncnc1Cl. The van der Waals surface area contributed by atoms with Gasteiger partial charge in [-0.2, -0.15) is 0 Å². The minimum atomic E-state index is 0.323. The molecule has 17 heavy (non-hydrogen) atoms. The summed E-state index contributed by atoms with van der Waals surface area (Å²) in [5.41, 5.74) is 3.50. The molecule has 2 rings (SSSR count). The van der Waals surface area contributed by atoms with Crippen LogP contribution in [0.5, 0.6) is 5.75 Å². The number of nitrogens with zero attached hydrogens (tertiary/aromatic N) is 3. The van der Waals surface area contributed by atoms with Gasteiger partial charge in [-0.05, 0) is 31.0 Å². The summed E-state index contributed by atoms with van der Waals surface area (Å²) in [6.45, 7) is 3.99. The van der Waals surface area contributed by atoms with Crippen LogP contribution in [0.1, 0.15) is 11.1 Å². The lowest BCUT2D eigenvalue weighted by Crippen LogP contribution is -1.97. The van der Waals surface area contributed by atoms with Crippen molar-refractivity contribution in [1.82, 2.24) is 15.2 Å². The van der Waals surface area contributed by atoms with Gasteiger partial charge in [0, 0.05) is 5.56 Å². The maximum absolute atomic E-state index is 6.02. The highest BCUT2D eigenvalue weighted by Gasteiger charge is 2.14. The first-order chi connectivity index (χ1) is 8.13. The third kappa shape index (κ3) is 2.22. The van der Waals surface area contributed by atoms with Crippen molar-refractivity contribution in [1.29, 1.82) is 0 Å². The zero-order chi connectivity index (χ0) is 12.4. The molecule has 0 N–H and O–H groups in total. The summed E-state index contributed by atoms with van der Waals surface area (Å²) in [7, 11) is 1.62. The van der Waals surface area contributed by atoms with Gasteiger partial charge < -0.3 is 4.74 Å². The second-order valence-electron chi connectivity index (χ2n) is 3.76. The summed E-state index contributed by atoms with van der Waals surface area (Å²) in [6, 6.07) is 4.00. The molecular formula is C12H12ClN3O. The maximum Gasteiger partial charge on any atom is 0.159 e. The zero-order valence-corrected chi connectivity index (χ0v) is 10.6. The highest BCUT2D eigenvalue weighted by molar-refractivity contribution is 6.31. The molecule has 4 nitrogen and oxygen atoms in total. The highest BCUT2D eigenvalue weighted by Crippen LogP contribution is 2.35. The molecule has 0 saturated carbocycles. The van der Waals surface area contributed by atoms with Crippen molar-refractivity contribution >= 4 is 11.6 Å². The molecule has 2 aromatic rings. The average Bonchev–Trinajstić information content (AvgIpc) is 2.28. The molecule has 0 radical (unpaired) electrons. The van der Waals surface area contributed by atoms with Gasteiger partial charge in [-0.1, -0.05) is 17.7 Å². The summed E-state index contributed by atoms with van der Waals surface area (Å²) >= 11 is 6.02. The Labute approximate surface area is 105 Å². The van der Waals surface area contributed by atoms with Crippen LogP contribution in [0.15, 0.2) is 18.5 Å². The van der Waals surface area contributed by atoms with Crippen LogP contribution in [-0.2, 0) is 0 Å². The fourth-order valence-electron chi connectivity index (χ4n) is 1.83. The van der Waals surface area contributed by atoms with Gasteiger partial charge in [0.15, 0.2) is 5.15 Å². The first-order valence-electron chi connectivity index (χ1n) is 5.12. The van der Waals surface area contributed by atoms with E-state index >= 15 is 0 Å². The van der Waals surface area contributed by atoms with Crippen LogP contribution in [-0.4, -0.2) is 22.3 Å². The fourth-order valence-corrected chi connectivity index (χ4v) is 2.01. The Balaban J connectivity index is 2.70. The molecule has 0 spiro atoms. The van der Waals surface area contributed by atoms with Crippen molar-refractivity contribution in [3.63, 3.8) is 0 Å². The topological polar surface area (TPSA) is 47.9 Å². The lowest BCUT2D eigenvalue weighted by atomic mass is 10.0. The Morgan fingerprint density at radius 1 is 1.24 bits per heavy atom. The molecule has 0 amide bonds. The van der Waals surface area contributed by atoms with E-state index in [2.05, 4.69) is 15.2 Å². The molecule has 0 bridgehead atoms. The van der Waals surface area contributed by atoms with Crippen LogP contribution >= 0.6 is 11.6 Å². The van der Waals surface area contributed by atoms with Crippen molar-refractivity contribution in [2.24, 2.45) is 0 Å². The van der Waals surface area contributed by atoms with E-state index in [1.54, 1.807) is 7.11 Å². The monoisotopic (exact) mass is 249 g/mol. The van der Waals surface area contributed by atoms with Gasteiger partial charge in [-0.3, -0.25) is 0 Å². The molecule has 88 valence electrons. The summed E-state index contributed by atoms with van der Waals surface area (Å²) in [5, 5.41) is 8.09. The minimum absolute atomic E-state index is 0.323. The number of rotatable bonds is 2. The molecule has 0 aliphatic heterocycles. The summed E-state index contributed by atoms with van der Waals surface area (Å²) in [6.07, 6.45) is 1.32. The summed E-state index contributed by atoms with van der Waals surface area (Å²) in [5.74, 6) is 0.750. The molecule has 1 heterocycles. The molecule has 0 fully saturated rings. The summed E-state index contributed by atoms with van der Waals surface area (Å²) < 4.78 is 5.39. The number of aryl methyl sites for hydroxylation is 2.